The van der Waals surface area contributed by atoms with Gasteiger partial charge in [-0.2, -0.15) is 4.37 Å². The van der Waals surface area contributed by atoms with E-state index in [1.165, 1.54) is 0 Å². The Balaban J connectivity index is 2.13. The standard InChI is InChI=1S/C18H12ClFN2OS/c1-23-10-6-9-4-2-3-5-11(9)12(7-10)15-14(19)8-13-17(16(15)20)22-24-18(13)21/h2-8H,21H2,1H3. The number of hydrogen-bond donors (Lipinski definition) is 1. The second-order valence-electron chi connectivity index (χ2n) is 5.39. The third kappa shape index (κ3) is 2.20. The van der Waals surface area contributed by atoms with Gasteiger partial charge in [0.2, 0.25) is 0 Å². The van der Waals surface area contributed by atoms with Crippen molar-refractivity contribution in [2.75, 3.05) is 12.8 Å². The van der Waals surface area contributed by atoms with E-state index in [-0.39, 0.29) is 5.52 Å². The van der Waals surface area contributed by atoms with Crippen molar-refractivity contribution in [1.29, 1.82) is 0 Å². The van der Waals surface area contributed by atoms with Crippen LogP contribution in [0.25, 0.3) is 32.8 Å². The first-order valence-corrected chi connectivity index (χ1v) is 8.35. The Morgan fingerprint density at radius 2 is 1.96 bits per heavy atom. The van der Waals surface area contributed by atoms with Crippen LogP contribution in [0, 0.1) is 5.82 Å². The summed E-state index contributed by atoms with van der Waals surface area (Å²) in [6.45, 7) is 0. The minimum atomic E-state index is -0.469. The van der Waals surface area contributed by atoms with Gasteiger partial charge in [-0.05, 0) is 46.1 Å². The van der Waals surface area contributed by atoms with Gasteiger partial charge >= 0.3 is 0 Å². The molecule has 0 bridgehead atoms. The summed E-state index contributed by atoms with van der Waals surface area (Å²) in [5, 5.41) is 3.12. The Kier molecular flexibility index (Phi) is 3.55. The van der Waals surface area contributed by atoms with Crippen LogP contribution < -0.4 is 10.5 Å². The maximum absolute atomic E-state index is 15.2. The summed E-state index contributed by atoms with van der Waals surface area (Å²) in [4.78, 5) is 0. The summed E-state index contributed by atoms with van der Waals surface area (Å²) < 4.78 is 24.6. The first-order chi connectivity index (χ1) is 11.6. The van der Waals surface area contributed by atoms with Crippen molar-refractivity contribution >= 4 is 49.8 Å². The molecular weight excluding hydrogens is 347 g/mol. The van der Waals surface area contributed by atoms with Crippen molar-refractivity contribution in [2.45, 2.75) is 0 Å². The average Bonchev–Trinajstić information content (AvgIpc) is 2.96. The van der Waals surface area contributed by atoms with Crippen molar-refractivity contribution < 1.29 is 9.13 Å². The topological polar surface area (TPSA) is 48.1 Å². The van der Waals surface area contributed by atoms with Crippen LogP contribution in [0.4, 0.5) is 9.39 Å². The molecule has 4 aromatic rings. The fourth-order valence-corrected chi connectivity index (χ4v) is 3.80. The monoisotopic (exact) mass is 358 g/mol. The molecule has 3 aromatic carbocycles. The number of nitrogen functional groups attached to an aromatic ring is 1. The molecule has 120 valence electrons. The molecule has 0 spiro atoms. The number of benzene rings is 3. The minimum Gasteiger partial charge on any atom is -0.497 e. The second kappa shape index (κ2) is 5.61. The van der Waals surface area contributed by atoms with Gasteiger partial charge in [0.25, 0.3) is 0 Å². The largest absolute Gasteiger partial charge is 0.497 e. The highest BCUT2D eigenvalue weighted by Gasteiger charge is 2.20. The molecule has 0 aliphatic carbocycles. The lowest BCUT2D eigenvalue weighted by atomic mass is 9.96. The summed E-state index contributed by atoms with van der Waals surface area (Å²) in [5.74, 6) is 0.168. The van der Waals surface area contributed by atoms with Crippen LogP contribution in [0.3, 0.4) is 0 Å². The van der Waals surface area contributed by atoms with Crippen LogP contribution in [-0.4, -0.2) is 11.5 Å². The van der Waals surface area contributed by atoms with E-state index in [2.05, 4.69) is 4.37 Å². The zero-order valence-corrected chi connectivity index (χ0v) is 14.2. The van der Waals surface area contributed by atoms with Crippen LogP contribution in [-0.2, 0) is 0 Å². The average molecular weight is 359 g/mol. The maximum atomic E-state index is 15.2. The Morgan fingerprint density at radius 3 is 2.75 bits per heavy atom. The van der Waals surface area contributed by atoms with E-state index in [0.717, 1.165) is 22.3 Å². The van der Waals surface area contributed by atoms with Crippen molar-refractivity contribution in [1.82, 2.24) is 4.37 Å². The van der Waals surface area contributed by atoms with Crippen molar-refractivity contribution in [2.24, 2.45) is 0 Å². The van der Waals surface area contributed by atoms with Crippen molar-refractivity contribution in [3.63, 3.8) is 0 Å². The number of nitrogens with zero attached hydrogens (tertiary/aromatic N) is 1. The molecule has 0 radical (unpaired) electrons. The number of nitrogens with two attached hydrogens (primary N) is 1. The first-order valence-electron chi connectivity index (χ1n) is 7.20. The van der Waals surface area contributed by atoms with Gasteiger partial charge in [-0.3, -0.25) is 0 Å². The van der Waals surface area contributed by atoms with Gasteiger partial charge in [-0.25, -0.2) is 4.39 Å². The highest BCUT2D eigenvalue weighted by Crippen LogP contribution is 2.42. The van der Waals surface area contributed by atoms with Crippen LogP contribution in [0.1, 0.15) is 0 Å². The molecule has 0 aliphatic rings. The first kappa shape index (κ1) is 15.2. The van der Waals surface area contributed by atoms with E-state index in [4.69, 9.17) is 22.1 Å². The Morgan fingerprint density at radius 1 is 1.17 bits per heavy atom. The van der Waals surface area contributed by atoms with Crippen LogP contribution >= 0.6 is 23.1 Å². The number of hydrogen-bond acceptors (Lipinski definition) is 4. The molecular formula is C18H12ClFN2OS. The molecule has 0 saturated heterocycles. The van der Waals surface area contributed by atoms with Gasteiger partial charge in [0.05, 0.1) is 12.1 Å². The van der Waals surface area contributed by atoms with Crippen LogP contribution in [0.2, 0.25) is 5.02 Å². The summed E-state index contributed by atoms with van der Waals surface area (Å²) >= 11 is 7.47. The zero-order valence-electron chi connectivity index (χ0n) is 12.6. The predicted molar refractivity (Wildman–Crippen MR) is 98.5 cm³/mol. The van der Waals surface area contributed by atoms with Crippen LogP contribution in [0.5, 0.6) is 5.75 Å². The normalized spacial score (nSPS) is 11.3. The zero-order chi connectivity index (χ0) is 16.8. The quantitative estimate of drug-likeness (QED) is 0.514. The number of ether oxygens (including phenoxy) is 1. The molecule has 1 aromatic heterocycles. The fraction of sp³-hybridized carbons (Fsp3) is 0.0556. The lowest BCUT2D eigenvalue weighted by Crippen LogP contribution is -1.92. The number of aromatic nitrogens is 1. The highest BCUT2D eigenvalue weighted by molar-refractivity contribution is 7.11. The molecule has 0 atom stereocenters. The van der Waals surface area contributed by atoms with E-state index in [9.17, 15) is 0 Å². The van der Waals surface area contributed by atoms with E-state index in [1.54, 1.807) is 19.2 Å². The van der Waals surface area contributed by atoms with E-state index >= 15 is 4.39 Å². The molecule has 0 amide bonds. The summed E-state index contributed by atoms with van der Waals surface area (Å²) in [6.07, 6.45) is 0. The Bertz CT molecular complexity index is 1090. The number of methoxy groups -OCH3 is 1. The molecule has 3 nitrogen and oxygen atoms in total. The van der Waals surface area contributed by atoms with Crippen molar-refractivity contribution in [3.8, 4) is 16.9 Å². The maximum Gasteiger partial charge on any atom is 0.159 e. The van der Waals surface area contributed by atoms with Crippen LogP contribution in [0.15, 0.2) is 42.5 Å². The number of anilines is 1. The third-order valence-corrected chi connectivity index (χ3v) is 5.02. The summed E-state index contributed by atoms with van der Waals surface area (Å²) in [5.41, 5.74) is 7.07. The Hall–Kier alpha value is -2.37. The predicted octanol–water partition coefficient (Wildman–Crippen LogP) is 5.50. The number of rotatable bonds is 2. The number of halogens is 2. The van der Waals surface area contributed by atoms with Gasteiger partial charge in [0.15, 0.2) is 5.82 Å². The lowest BCUT2D eigenvalue weighted by molar-refractivity contribution is 0.415. The van der Waals surface area contributed by atoms with Gasteiger partial charge in [-0.15, -0.1) is 0 Å². The molecule has 6 heteroatoms. The Labute approximate surface area is 146 Å². The van der Waals surface area contributed by atoms with Gasteiger partial charge in [-0.1, -0.05) is 35.9 Å². The lowest BCUT2D eigenvalue weighted by Gasteiger charge is -2.13. The summed E-state index contributed by atoms with van der Waals surface area (Å²) in [7, 11) is 1.58. The highest BCUT2D eigenvalue weighted by atomic mass is 35.5. The SMILES string of the molecule is COc1cc(-c2c(Cl)cc3c(N)snc3c2F)c2ccccc2c1. The number of fused-ring (bicyclic) bond motifs is 2. The summed E-state index contributed by atoms with van der Waals surface area (Å²) in [6, 6.07) is 13.1. The molecule has 0 unspecified atom stereocenters. The molecule has 0 fully saturated rings. The van der Waals surface area contributed by atoms with Gasteiger partial charge in [0.1, 0.15) is 16.3 Å². The molecule has 2 N–H and O–H groups in total. The van der Waals surface area contributed by atoms with Gasteiger partial charge in [0, 0.05) is 10.9 Å². The van der Waals surface area contributed by atoms with Gasteiger partial charge < -0.3 is 10.5 Å². The molecule has 0 saturated carbocycles. The molecule has 1 heterocycles. The fourth-order valence-electron chi connectivity index (χ4n) is 2.88. The molecule has 0 aliphatic heterocycles. The molecule has 24 heavy (non-hydrogen) atoms. The van der Waals surface area contributed by atoms with E-state index < -0.39 is 5.82 Å². The third-order valence-electron chi connectivity index (χ3n) is 4.03. The van der Waals surface area contributed by atoms with Crippen molar-refractivity contribution in [3.05, 3.63) is 53.3 Å². The minimum absolute atomic E-state index is 0.240. The second-order valence-corrected chi connectivity index (χ2v) is 6.60. The smallest absolute Gasteiger partial charge is 0.159 e. The van der Waals surface area contributed by atoms with E-state index in [1.807, 2.05) is 30.3 Å². The molecule has 4 rings (SSSR count). The van der Waals surface area contributed by atoms with E-state index in [0.29, 0.717) is 32.3 Å².